The van der Waals surface area contributed by atoms with Gasteiger partial charge in [0, 0.05) is 6.07 Å². The molecule has 4 heteroatoms. The van der Waals surface area contributed by atoms with Crippen LogP contribution < -0.4 is 9.47 Å². The van der Waals surface area contributed by atoms with Gasteiger partial charge in [-0.1, -0.05) is 13.0 Å². The Kier molecular flexibility index (Phi) is 4.96. The molecule has 2 rings (SSSR count). The maximum Gasteiger partial charge on any atom is 0.145 e. The Labute approximate surface area is 119 Å². The number of rotatable bonds is 6. The maximum atomic E-state index is 9.69. The molecule has 0 spiro atoms. The maximum absolute atomic E-state index is 9.69. The van der Waals surface area contributed by atoms with E-state index in [0.29, 0.717) is 30.2 Å². The first-order chi connectivity index (χ1) is 9.72. The number of aliphatic hydroxyl groups excluding tert-OH is 1. The van der Waals surface area contributed by atoms with E-state index in [9.17, 15) is 5.11 Å². The van der Waals surface area contributed by atoms with Gasteiger partial charge in [0.2, 0.25) is 0 Å². The third-order valence-corrected chi connectivity index (χ3v) is 2.84. The molecule has 20 heavy (non-hydrogen) atoms. The molecule has 4 nitrogen and oxygen atoms in total. The van der Waals surface area contributed by atoms with Crippen LogP contribution in [0.3, 0.4) is 0 Å². The highest BCUT2D eigenvalue weighted by Crippen LogP contribution is 2.25. The molecular formula is C16H19NO3. The molecule has 0 amide bonds. The number of hydrogen-bond donors (Lipinski definition) is 1. The lowest BCUT2D eigenvalue weighted by molar-refractivity contribution is 0.169. The van der Waals surface area contributed by atoms with Crippen LogP contribution >= 0.6 is 0 Å². The van der Waals surface area contributed by atoms with E-state index in [1.807, 2.05) is 38.1 Å². The van der Waals surface area contributed by atoms with Crippen molar-refractivity contribution in [3.05, 3.63) is 48.3 Å². The van der Waals surface area contributed by atoms with E-state index in [0.717, 1.165) is 5.75 Å². The van der Waals surface area contributed by atoms with Crippen LogP contribution in [0, 0.1) is 0 Å². The summed E-state index contributed by atoms with van der Waals surface area (Å²) in [7, 11) is 0. The lowest BCUT2D eigenvalue weighted by atomic mass is 10.2. The minimum atomic E-state index is -0.523. The van der Waals surface area contributed by atoms with Crippen LogP contribution in [0.1, 0.15) is 32.1 Å². The topological polar surface area (TPSA) is 51.6 Å². The van der Waals surface area contributed by atoms with Crippen LogP contribution in [-0.4, -0.2) is 16.7 Å². The van der Waals surface area contributed by atoms with Crippen LogP contribution in [0.4, 0.5) is 0 Å². The molecule has 106 valence electrons. The molecule has 0 aliphatic heterocycles. The summed E-state index contributed by atoms with van der Waals surface area (Å²) in [4.78, 5) is 4.20. The molecule has 1 N–H and O–H groups in total. The third kappa shape index (κ3) is 3.71. The zero-order chi connectivity index (χ0) is 14.4. The van der Waals surface area contributed by atoms with E-state index in [1.54, 1.807) is 18.3 Å². The Hall–Kier alpha value is -2.07. The molecule has 1 aromatic carbocycles. The molecule has 0 radical (unpaired) electrons. The largest absolute Gasteiger partial charge is 0.494 e. The van der Waals surface area contributed by atoms with Gasteiger partial charge in [-0.2, -0.15) is 0 Å². The molecule has 0 saturated heterocycles. The van der Waals surface area contributed by atoms with Gasteiger partial charge in [0.1, 0.15) is 17.2 Å². The fourth-order valence-corrected chi connectivity index (χ4v) is 1.79. The second-order valence-corrected chi connectivity index (χ2v) is 4.35. The van der Waals surface area contributed by atoms with Gasteiger partial charge in [-0.3, -0.25) is 4.98 Å². The highest BCUT2D eigenvalue weighted by Gasteiger charge is 2.06. The highest BCUT2D eigenvalue weighted by atomic mass is 16.5. The molecule has 2 aromatic rings. The summed E-state index contributed by atoms with van der Waals surface area (Å²) in [5, 5.41) is 9.69. The van der Waals surface area contributed by atoms with E-state index in [-0.39, 0.29) is 0 Å². The lowest BCUT2D eigenvalue weighted by Gasteiger charge is -2.10. The van der Waals surface area contributed by atoms with E-state index in [2.05, 4.69) is 4.98 Å². The molecule has 0 unspecified atom stereocenters. The van der Waals surface area contributed by atoms with Gasteiger partial charge in [0.05, 0.1) is 24.6 Å². The standard InChI is InChI=1S/C16H19NO3/c1-3-16(18)15-9-8-14(11-17-15)20-13-7-5-6-12(10-13)19-4-2/h5-11,16,18H,3-4H2,1-2H3/t16-/m1/s1. The Bertz CT molecular complexity index is 540. The summed E-state index contributed by atoms with van der Waals surface area (Å²) in [6, 6.07) is 11.0. The zero-order valence-electron chi connectivity index (χ0n) is 11.7. The number of nitrogens with zero attached hydrogens (tertiary/aromatic N) is 1. The van der Waals surface area contributed by atoms with Gasteiger partial charge in [-0.25, -0.2) is 0 Å². The Balaban J connectivity index is 2.08. The predicted octanol–water partition coefficient (Wildman–Crippen LogP) is 3.72. The summed E-state index contributed by atoms with van der Waals surface area (Å²) < 4.78 is 11.1. The second-order valence-electron chi connectivity index (χ2n) is 4.35. The molecule has 1 heterocycles. The average Bonchev–Trinajstić information content (AvgIpc) is 2.48. The summed E-state index contributed by atoms with van der Waals surface area (Å²) in [5.74, 6) is 2.10. The van der Waals surface area contributed by atoms with Crippen LogP contribution in [0.25, 0.3) is 0 Å². The van der Waals surface area contributed by atoms with Crippen molar-refractivity contribution < 1.29 is 14.6 Å². The zero-order valence-corrected chi connectivity index (χ0v) is 11.7. The Morgan fingerprint density at radius 1 is 1.10 bits per heavy atom. The fourth-order valence-electron chi connectivity index (χ4n) is 1.79. The van der Waals surface area contributed by atoms with Gasteiger partial charge in [0.25, 0.3) is 0 Å². The van der Waals surface area contributed by atoms with Crippen molar-refractivity contribution in [2.24, 2.45) is 0 Å². The van der Waals surface area contributed by atoms with Crippen molar-refractivity contribution in [3.63, 3.8) is 0 Å². The second kappa shape index (κ2) is 6.91. The number of hydrogen-bond acceptors (Lipinski definition) is 4. The molecule has 0 bridgehead atoms. The molecule has 1 aromatic heterocycles. The lowest BCUT2D eigenvalue weighted by Crippen LogP contribution is -1.98. The SMILES string of the molecule is CCOc1cccc(Oc2ccc([C@H](O)CC)nc2)c1. The van der Waals surface area contributed by atoms with E-state index in [4.69, 9.17) is 9.47 Å². The minimum Gasteiger partial charge on any atom is -0.494 e. The van der Waals surface area contributed by atoms with Gasteiger partial charge < -0.3 is 14.6 Å². The van der Waals surface area contributed by atoms with Crippen LogP contribution in [0.15, 0.2) is 42.6 Å². The quantitative estimate of drug-likeness (QED) is 0.871. The van der Waals surface area contributed by atoms with Gasteiger partial charge in [-0.15, -0.1) is 0 Å². The number of aliphatic hydroxyl groups is 1. The summed E-state index contributed by atoms with van der Waals surface area (Å²) >= 11 is 0. The number of benzene rings is 1. The minimum absolute atomic E-state index is 0.523. The van der Waals surface area contributed by atoms with Crippen molar-refractivity contribution in [2.45, 2.75) is 26.4 Å². The van der Waals surface area contributed by atoms with Gasteiger partial charge in [-0.05, 0) is 37.6 Å². The Morgan fingerprint density at radius 3 is 2.55 bits per heavy atom. The van der Waals surface area contributed by atoms with Gasteiger partial charge in [0.15, 0.2) is 0 Å². The van der Waals surface area contributed by atoms with Crippen molar-refractivity contribution in [1.29, 1.82) is 0 Å². The van der Waals surface area contributed by atoms with Gasteiger partial charge >= 0.3 is 0 Å². The van der Waals surface area contributed by atoms with Crippen LogP contribution in [-0.2, 0) is 0 Å². The smallest absolute Gasteiger partial charge is 0.145 e. The Morgan fingerprint density at radius 2 is 1.90 bits per heavy atom. The molecule has 0 saturated carbocycles. The summed E-state index contributed by atoms with van der Waals surface area (Å²) in [6.07, 6.45) is 1.73. The first kappa shape index (κ1) is 14.3. The van der Waals surface area contributed by atoms with E-state index in [1.165, 1.54) is 0 Å². The highest BCUT2D eigenvalue weighted by molar-refractivity contribution is 5.36. The van der Waals surface area contributed by atoms with Crippen molar-refractivity contribution in [1.82, 2.24) is 4.98 Å². The van der Waals surface area contributed by atoms with Crippen molar-refractivity contribution >= 4 is 0 Å². The third-order valence-electron chi connectivity index (χ3n) is 2.84. The number of ether oxygens (including phenoxy) is 2. The molecule has 1 atom stereocenters. The van der Waals surface area contributed by atoms with Crippen molar-refractivity contribution in [3.8, 4) is 17.2 Å². The summed E-state index contributed by atoms with van der Waals surface area (Å²) in [5.41, 5.74) is 0.655. The molecule has 0 aliphatic rings. The monoisotopic (exact) mass is 273 g/mol. The molecule has 0 fully saturated rings. The molecular weight excluding hydrogens is 254 g/mol. The number of pyridine rings is 1. The van der Waals surface area contributed by atoms with E-state index < -0.39 is 6.10 Å². The predicted molar refractivity (Wildman–Crippen MR) is 77.2 cm³/mol. The fraction of sp³-hybridized carbons (Fsp3) is 0.312. The normalized spacial score (nSPS) is 11.9. The molecule has 0 aliphatic carbocycles. The van der Waals surface area contributed by atoms with E-state index >= 15 is 0 Å². The summed E-state index contributed by atoms with van der Waals surface area (Å²) in [6.45, 7) is 4.47. The first-order valence-corrected chi connectivity index (χ1v) is 6.77. The van der Waals surface area contributed by atoms with Crippen LogP contribution in [0.2, 0.25) is 0 Å². The average molecular weight is 273 g/mol. The first-order valence-electron chi connectivity index (χ1n) is 6.77. The number of aromatic nitrogens is 1. The van der Waals surface area contributed by atoms with Crippen molar-refractivity contribution in [2.75, 3.05) is 6.61 Å². The van der Waals surface area contributed by atoms with Crippen LogP contribution in [0.5, 0.6) is 17.2 Å².